The van der Waals surface area contributed by atoms with Gasteiger partial charge >= 0.3 is 0 Å². The number of pyridine rings is 1. The molecule has 0 aliphatic carbocycles. The summed E-state index contributed by atoms with van der Waals surface area (Å²) < 4.78 is 0.895. The highest BCUT2D eigenvalue weighted by molar-refractivity contribution is 9.10. The van der Waals surface area contributed by atoms with E-state index in [4.69, 9.17) is 0 Å². The maximum absolute atomic E-state index is 11.3. The standard InChI is InChI=1S/C9H10BrN3O/c1-5-2-8(14)13-9-7(12-5)3-6(10)4-11-9/h3-5,12H,2H2,1H3,(H,11,13,14)/t5-/m1/s1. The molecule has 2 N–H and O–H groups in total. The third kappa shape index (κ3) is 1.87. The lowest BCUT2D eigenvalue weighted by Gasteiger charge is -2.10. The van der Waals surface area contributed by atoms with E-state index in [-0.39, 0.29) is 11.9 Å². The van der Waals surface area contributed by atoms with Crippen molar-refractivity contribution in [3.05, 3.63) is 16.7 Å². The fraction of sp³-hybridized carbons (Fsp3) is 0.333. The number of fused-ring (bicyclic) bond motifs is 1. The summed E-state index contributed by atoms with van der Waals surface area (Å²) in [6.07, 6.45) is 2.13. The summed E-state index contributed by atoms with van der Waals surface area (Å²) >= 11 is 3.34. The Balaban J connectivity index is 2.41. The first-order valence-corrected chi connectivity index (χ1v) is 5.16. The van der Waals surface area contributed by atoms with Gasteiger partial charge < -0.3 is 10.6 Å². The van der Waals surface area contributed by atoms with Crippen molar-refractivity contribution >= 4 is 33.3 Å². The molecule has 0 saturated heterocycles. The smallest absolute Gasteiger partial charge is 0.227 e. The first kappa shape index (κ1) is 9.45. The van der Waals surface area contributed by atoms with Gasteiger partial charge in [-0.3, -0.25) is 4.79 Å². The second-order valence-corrected chi connectivity index (χ2v) is 4.26. The van der Waals surface area contributed by atoms with E-state index < -0.39 is 0 Å². The molecule has 14 heavy (non-hydrogen) atoms. The fourth-order valence-electron chi connectivity index (χ4n) is 1.43. The summed E-state index contributed by atoms with van der Waals surface area (Å²) in [5, 5.41) is 5.96. The van der Waals surface area contributed by atoms with Crippen LogP contribution < -0.4 is 10.6 Å². The van der Waals surface area contributed by atoms with Crippen LogP contribution in [-0.2, 0) is 4.79 Å². The Morgan fingerprint density at radius 1 is 1.64 bits per heavy atom. The molecule has 0 radical (unpaired) electrons. The second kappa shape index (κ2) is 3.57. The van der Waals surface area contributed by atoms with Gasteiger partial charge in [-0.05, 0) is 28.9 Å². The van der Waals surface area contributed by atoms with Gasteiger partial charge in [-0.2, -0.15) is 0 Å². The molecule has 1 aromatic heterocycles. The summed E-state index contributed by atoms with van der Waals surface area (Å²) in [4.78, 5) is 15.5. The second-order valence-electron chi connectivity index (χ2n) is 3.35. The highest BCUT2D eigenvalue weighted by Gasteiger charge is 2.18. The molecule has 0 spiro atoms. The van der Waals surface area contributed by atoms with Crippen LogP contribution in [0.4, 0.5) is 11.5 Å². The third-order valence-electron chi connectivity index (χ3n) is 2.01. The predicted molar refractivity (Wildman–Crippen MR) is 58.3 cm³/mol. The van der Waals surface area contributed by atoms with Crippen LogP contribution in [0, 0.1) is 0 Å². The molecule has 5 heteroatoms. The van der Waals surface area contributed by atoms with Crippen LogP contribution in [-0.4, -0.2) is 16.9 Å². The Kier molecular flexibility index (Phi) is 2.41. The van der Waals surface area contributed by atoms with E-state index >= 15 is 0 Å². The average Bonchev–Trinajstić information content (AvgIpc) is 2.21. The van der Waals surface area contributed by atoms with Gasteiger partial charge in [0, 0.05) is 23.1 Å². The van der Waals surface area contributed by atoms with E-state index in [2.05, 4.69) is 31.5 Å². The molecule has 74 valence electrons. The number of anilines is 2. The van der Waals surface area contributed by atoms with Gasteiger partial charge in [-0.15, -0.1) is 0 Å². The summed E-state index contributed by atoms with van der Waals surface area (Å²) in [6, 6.07) is 2.04. The van der Waals surface area contributed by atoms with Gasteiger partial charge in [0.25, 0.3) is 0 Å². The maximum Gasteiger partial charge on any atom is 0.227 e. The first-order chi connectivity index (χ1) is 6.65. The molecule has 1 aliphatic rings. The molecule has 0 saturated carbocycles. The minimum atomic E-state index is -0.00132. The van der Waals surface area contributed by atoms with Crippen LogP contribution in [0.25, 0.3) is 0 Å². The number of carbonyl (C=O) groups is 1. The van der Waals surface area contributed by atoms with Crippen molar-refractivity contribution in [3.63, 3.8) is 0 Å². The normalized spacial score (nSPS) is 20.4. The lowest BCUT2D eigenvalue weighted by atomic mass is 10.2. The van der Waals surface area contributed by atoms with Gasteiger partial charge in [0.15, 0.2) is 5.82 Å². The molecule has 1 aliphatic heterocycles. The summed E-state index contributed by atoms with van der Waals surface area (Å²) in [5.41, 5.74) is 0.859. The van der Waals surface area contributed by atoms with Gasteiger partial charge in [0.1, 0.15) is 0 Å². The van der Waals surface area contributed by atoms with Crippen LogP contribution in [0.2, 0.25) is 0 Å². The molecule has 2 heterocycles. The average molecular weight is 256 g/mol. The number of halogens is 1. The quantitative estimate of drug-likeness (QED) is 0.746. The topological polar surface area (TPSA) is 54.0 Å². The molecule has 1 atom stereocenters. The van der Waals surface area contributed by atoms with Crippen molar-refractivity contribution in [2.45, 2.75) is 19.4 Å². The molecular weight excluding hydrogens is 246 g/mol. The van der Waals surface area contributed by atoms with Gasteiger partial charge in [-0.1, -0.05) is 0 Å². The third-order valence-corrected chi connectivity index (χ3v) is 2.44. The van der Waals surface area contributed by atoms with E-state index in [1.54, 1.807) is 6.20 Å². The van der Waals surface area contributed by atoms with E-state index in [0.29, 0.717) is 12.2 Å². The van der Waals surface area contributed by atoms with Crippen LogP contribution in [0.5, 0.6) is 0 Å². The van der Waals surface area contributed by atoms with Crippen LogP contribution in [0.15, 0.2) is 16.7 Å². The minimum absolute atomic E-state index is 0.00132. The monoisotopic (exact) mass is 255 g/mol. The van der Waals surface area contributed by atoms with Crippen LogP contribution >= 0.6 is 15.9 Å². The van der Waals surface area contributed by atoms with Crippen LogP contribution in [0.3, 0.4) is 0 Å². The number of aromatic nitrogens is 1. The van der Waals surface area contributed by atoms with Gasteiger partial charge in [0.2, 0.25) is 5.91 Å². The molecule has 1 aromatic rings. The lowest BCUT2D eigenvalue weighted by molar-refractivity contribution is -0.116. The molecule has 0 aromatic carbocycles. The van der Waals surface area contributed by atoms with Crippen molar-refractivity contribution in [2.75, 3.05) is 10.6 Å². The first-order valence-electron chi connectivity index (χ1n) is 4.37. The van der Waals surface area contributed by atoms with E-state index in [0.717, 1.165) is 10.2 Å². The van der Waals surface area contributed by atoms with E-state index in [1.807, 2.05) is 13.0 Å². The number of amides is 1. The van der Waals surface area contributed by atoms with Crippen molar-refractivity contribution in [1.82, 2.24) is 4.98 Å². The van der Waals surface area contributed by atoms with Crippen molar-refractivity contribution < 1.29 is 4.79 Å². The minimum Gasteiger partial charge on any atom is -0.379 e. The largest absolute Gasteiger partial charge is 0.379 e. The number of nitrogens with zero attached hydrogens (tertiary/aromatic N) is 1. The molecular formula is C9H10BrN3O. The molecule has 4 nitrogen and oxygen atoms in total. The molecule has 0 unspecified atom stereocenters. The molecule has 0 bridgehead atoms. The highest BCUT2D eigenvalue weighted by Crippen LogP contribution is 2.26. The molecule has 1 amide bonds. The van der Waals surface area contributed by atoms with Gasteiger partial charge in [0.05, 0.1) is 5.69 Å². The zero-order valence-corrected chi connectivity index (χ0v) is 9.26. The molecule has 2 rings (SSSR count). The van der Waals surface area contributed by atoms with Crippen molar-refractivity contribution in [2.24, 2.45) is 0 Å². The number of nitrogens with one attached hydrogen (secondary N) is 2. The Labute approximate surface area is 90.2 Å². The Morgan fingerprint density at radius 3 is 3.21 bits per heavy atom. The zero-order chi connectivity index (χ0) is 10.1. The highest BCUT2D eigenvalue weighted by atomic mass is 79.9. The van der Waals surface area contributed by atoms with Crippen molar-refractivity contribution in [1.29, 1.82) is 0 Å². The Bertz CT molecular complexity index is 380. The summed E-state index contributed by atoms with van der Waals surface area (Å²) in [7, 11) is 0. The molecule has 0 fully saturated rings. The van der Waals surface area contributed by atoms with Gasteiger partial charge in [-0.25, -0.2) is 4.98 Å². The summed E-state index contributed by atoms with van der Waals surface area (Å²) in [6.45, 7) is 1.97. The fourth-order valence-corrected chi connectivity index (χ4v) is 1.76. The maximum atomic E-state index is 11.3. The SMILES string of the molecule is C[C@@H]1CC(=O)Nc2ncc(Br)cc2N1. The van der Waals surface area contributed by atoms with E-state index in [9.17, 15) is 4.79 Å². The van der Waals surface area contributed by atoms with Crippen molar-refractivity contribution in [3.8, 4) is 0 Å². The number of hydrogen-bond donors (Lipinski definition) is 2. The number of carbonyl (C=O) groups excluding carboxylic acids is 1. The summed E-state index contributed by atoms with van der Waals surface area (Å²) in [5.74, 6) is 0.598. The number of rotatable bonds is 0. The van der Waals surface area contributed by atoms with E-state index in [1.165, 1.54) is 0 Å². The lowest BCUT2D eigenvalue weighted by Crippen LogP contribution is -2.18. The Hall–Kier alpha value is -1.10. The Morgan fingerprint density at radius 2 is 2.43 bits per heavy atom. The van der Waals surface area contributed by atoms with Crippen LogP contribution in [0.1, 0.15) is 13.3 Å². The predicted octanol–water partition coefficient (Wildman–Crippen LogP) is 1.99. The number of hydrogen-bond acceptors (Lipinski definition) is 3. The zero-order valence-electron chi connectivity index (χ0n) is 7.67.